The molecule has 3 rings (SSSR count). The fraction of sp³-hybridized carbons (Fsp3) is 0.400. The number of halogens is 1. The average molecular weight is 326 g/mol. The summed E-state index contributed by atoms with van der Waals surface area (Å²) in [7, 11) is 0. The van der Waals surface area contributed by atoms with Gasteiger partial charge in [0.15, 0.2) is 11.5 Å². The number of carbonyl (C=O) groups is 1. The highest BCUT2D eigenvalue weighted by Crippen LogP contribution is 2.38. The van der Waals surface area contributed by atoms with Crippen LogP contribution >= 0.6 is 11.6 Å². The highest BCUT2D eigenvalue weighted by Gasteiger charge is 2.17. The summed E-state index contributed by atoms with van der Waals surface area (Å²) in [5, 5.41) is 3.29. The van der Waals surface area contributed by atoms with E-state index in [1.165, 1.54) is 6.26 Å². The van der Waals surface area contributed by atoms with E-state index in [-0.39, 0.29) is 11.7 Å². The standard InChI is InChI=1S/C15H16ClNO5/c16-11-7-10(8-12-14(11)22-6-5-20-12)1-2-17-15(18)13-9-19-3-4-21-13/h7-9H,1-6H2,(H,17,18). The molecule has 2 aliphatic rings. The van der Waals surface area contributed by atoms with Crippen molar-refractivity contribution in [1.29, 1.82) is 0 Å². The van der Waals surface area contributed by atoms with E-state index in [9.17, 15) is 4.79 Å². The van der Waals surface area contributed by atoms with Crippen LogP contribution in [-0.4, -0.2) is 38.9 Å². The van der Waals surface area contributed by atoms with Gasteiger partial charge in [0, 0.05) is 6.54 Å². The third kappa shape index (κ3) is 3.39. The zero-order chi connectivity index (χ0) is 15.4. The first kappa shape index (κ1) is 14.8. The number of fused-ring (bicyclic) bond motifs is 1. The van der Waals surface area contributed by atoms with Crippen LogP contribution in [0.15, 0.2) is 24.2 Å². The molecule has 1 aromatic carbocycles. The number of hydrogen-bond acceptors (Lipinski definition) is 5. The Hall–Kier alpha value is -2.08. The Morgan fingerprint density at radius 1 is 1.14 bits per heavy atom. The minimum atomic E-state index is -0.289. The van der Waals surface area contributed by atoms with E-state index in [2.05, 4.69) is 5.32 Å². The highest BCUT2D eigenvalue weighted by molar-refractivity contribution is 6.32. The minimum absolute atomic E-state index is 0.200. The summed E-state index contributed by atoms with van der Waals surface area (Å²) < 4.78 is 21.2. The van der Waals surface area contributed by atoms with Gasteiger partial charge in [-0.2, -0.15) is 0 Å². The lowest BCUT2D eigenvalue weighted by molar-refractivity contribution is -0.122. The molecule has 0 atom stereocenters. The first-order valence-corrected chi connectivity index (χ1v) is 7.42. The van der Waals surface area contributed by atoms with Crippen molar-refractivity contribution in [3.8, 4) is 11.5 Å². The molecule has 0 aromatic heterocycles. The molecule has 0 spiro atoms. The zero-order valence-electron chi connectivity index (χ0n) is 11.9. The van der Waals surface area contributed by atoms with E-state index < -0.39 is 0 Å². The lowest BCUT2D eigenvalue weighted by Crippen LogP contribution is -2.30. The maximum absolute atomic E-state index is 11.8. The van der Waals surface area contributed by atoms with E-state index in [0.29, 0.717) is 55.9 Å². The second kappa shape index (κ2) is 6.79. The summed E-state index contributed by atoms with van der Waals surface area (Å²) in [6.45, 7) is 2.31. The first-order chi connectivity index (χ1) is 10.7. The Kier molecular flexibility index (Phi) is 4.58. The molecule has 1 amide bonds. The van der Waals surface area contributed by atoms with Crippen LogP contribution in [0.2, 0.25) is 5.02 Å². The predicted molar refractivity (Wildman–Crippen MR) is 79.1 cm³/mol. The quantitative estimate of drug-likeness (QED) is 0.912. The van der Waals surface area contributed by atoms with Gasteiger partial charge in [-0.05, 0) is 24.1 Å². The van der Waals surface area contributed by atoms with Crippen LogP contribution < -0.4 is 14.8 Å². The van der Waals surface area contributed by atoms with E-state index in [0.717, 1.165) is 5.56 Å². The number of ether oxygens (including phenoxy) is 4. The SMILES string of the molecule is O=C(NCCc1cc(Cl)c2c(c1)OCCO2)C1=COCCO1. The molecule has 0 bridgehead atoms. The Balaban J connectivity index is 1.56. The van der Waals surface area contributed by atoms with E-state index in [1.54, 1.807) is 0 Å². The number of rotatable bonds is 4. The molecular weight excluding hydrogens is 310 g/mol. The molecule has 0 fully saturated rings. The smallest absolute Gasteiger partial charge is 0.289 e. The lowest BCUT2D eigenvalue weighted by atomic mass is 10.1. The molecule has 7 heteroatoms. The minimum Gasteiger partial charge on any atom is -0.494 e. The van der Waals surface area contributed by atoms with E-state index >= 15 is 0 Å². The summed E-state index contributed by atoms with van der Waals surface area (Å²) in [6.07, 6.45) is 1.95. The number of nitrogens with one attached hydrogen (secondary N) is 1. The van der Waals surface area contributed by atoms with Crippen molar-refractivity contribution in [3.63, 3.8) is 0 Å². The van der Waals surface area contributed by atoms with Gasteiger partial charge in [-0.3, -0.25) is 4.79 Å². The highest BCUT2D eigenvalue weighted by atomic mass is 35.5. The Morgan fingerprint density at radius 3 is 2.77 bits per heavy atom. The van der Waals surface area contributed by atoms with Crippen LogP contribution in [0.25, 0.3) is 0 Å². The zero-order valence-corrected chi connectivity index (χ0v) is 12.6. The fourth-order valence-electron chi connectivity index (χ4n) is 2.20. The molecule has 1 aromatic rings. The van der Waals surface area contributed by atoms with Gasteiger partial charge >= 0.3 is 0 Å². The predicted octanol–water partition coefficient (Wildman–Crippen LogP) is 1.66. The van der Waals surface area contributed by atoms with Crippen molar-refractivity contribution in [3.05, 3.63) is 34.7 Å². The van der Waals surface area contributed by atoms with Gasteiger partial charge in [-0.1, -0.05) is 11.6 Å². The Labute approximate surface area is 132 Å². The molecule has 22 heavy (non-hydrogen) atoms. The molecule has 6 nitrogen and oxygen atoms in total. The van der Waals surface area contributed by atoms with Gasteiger partial charge in [0.1, 0.15) is 32.7 Å². The van der Waals surface area contributed by atoms with Gasteiger partial charge in [-0.15, -0.1) is 0 Å². The van der Waals surface area contributed by atoms with Crippen LogP contribution in [0.5, 0.6) is 11.5 Å². The molecule has 2 heterocycles. The molecule has 0 aliphatic carbocycles. The molecule has 118 valence electrons. The largest absolute Gasteiger partial charge is 0.494 e. The molecule has 1 N–H and O–H groups in total. The maximum Gasteiger partial charge on any atom is 0.289 e. The van der Waals surface area contributed by atoms with Crippen molar-refractivity contribution >= 4 is 17.5 Å². The van der Waals surface area contributed by atoms with Crippen LogP contribution in [0, 0.1) is 0 Å². The summed E-state index contributed by atoms with van der Waals surface area (Å²) in [4.78, 5) is 11.8. The third-order valence-electron chi connectivity index (χ3n) is 3.23. The summed E-state index contributed by atoms with van der Waals surface area (Å²) >= 11 is 6.17. The van der Waals surface area contributed by atoms with Gasteiger partial charge < -0.3 is 24.3 Å². The second-order valence-electron chi connectivity index (χ2n) is 4.81. The summed E-state index contributed by atoms with van der Waals surface area (Å²) in [5.74, 6) is 1.14. The van der Waals surface area contributed by atoms with Crippen molar-refractivity contribution in [2.75, 3.05) is 33.0 Å². The number of hydrogen-bond donors (Lipinski definition) is 1. The van der Waals surface area contributed by atoms with Gasteiger partial charge in [-0.25, -0.2) is 0 Å². The second-order valence-corrected chi connectivity index (χ2v) is 5.22. The van der Waals surface area contributed by atoms with Crippen LogP contribution in [-0.2, 0) is 20.7 Å². The topological polar surface area (TPSA) is 66.0 Å². The lowest BCUT2D eigenvalue weighted by Gasteiger charge is -2.20. The Bertz CT molecular complexity index is 602. The Morgan fingerprint density at radius 2 is 1.95 bits per heavy atom. The third-order valence-corrected chi connectivity index (χ3v) is 3.51. The first-order valence-electron chi connectivity index (χ1n) is 7.05. The molecule has 0 saturated carbocycles. The summed E-state index contributed by atoms with van der Waals surface area (Å²) in [5.41, 5.74) is 0.962. The van der Waals surface area contributed by atoms with Gasteiger partial charge in [0.2, 0.25) is 5.76 Å². The van der Waals surface area contributed by atoms with Crippen LogP contribution in [0.4, 0.5) is 0 Å². The number of benzene rings is 1. The van der Waals surface area contributed by atoms with Gasteiger partial charge in [0.25, 0.3) is 5.91 Å². The maximum atomic E-state index is 11.8. The average Bonchev–Trinajstić information content (AvgIpc) is 2.56. The molecule has 0 unspecified atom stereocenters. The number of amides is 1. The van der Waals surface area contributed by atoms with Crippen LogP contribution in [0.3, 0.4) is 0 Å². The molecule has 0 radical (unpaired) electrons. The van der Waals surface area contributed by atoms with Crippen molar-refractivity contribution in [2.24, 2.45) is 0 Å². The number of carbonyl (C=O) groups excluding carboxylic acids is 1. The monoisotopic (exact) mass is 325 g/mol. The molecule has 2 aliphatic heterocycles. The van der Waals surface area contributed by atoms with Crippen molar-refractivity contribution in [1.82, 2.24) is 5.32 Å². The summed E-state index contributed by atoms with van der Waals surface area (Å²) in [6, 6.07) is 3.70. The normalized spacial score (nSPS) is 16.1. The fourth-order valence-corrected chi connectivity index (χ4v) is 2.49. The van der Waals surface area contributed by atoms with Gasteiger partial charge in [0.05, 0.1) is 5.02 Å². The van der Waals surface area contributed by atoms with Crippen LogP contribution in [0.1, 0.15) is 5.56 Å². The molecule has 0 saturated heterocycles. The molecular formula is C15H16ClNO5. The van der Waals surface area contributed by atoms with Crippen molar-refractivity contribution < 1.29 is 23.7 Å². The van der Waals surface area contributed by atoms with E-state index in [4.69, 9.17) is 30.5 Å². The van der Waals surface area contributed by atoms with E-state index in [1.807, 2.05) is 12.1 Å². The van der Waals surface area contributed by atoms with Crippen molar-refractivity contribution in [2.45, 2.75) is 6.42 Å².